The van der Waals surface area contributed by atoms with Gasteiger partial charge in [0.2, 0.25) is 5.91 Å². The SMILES string of the molecule is CCOC(=O)C(Cc1cc(Cl)cc(Cl)c1)NC(=O)CNC(=O)c1cccc(NC2=NCCCCC2)c1. The van der Waals surface area contributed by atoms with Crippen molar-refractivity contribution < 1.29 is 19.1 Å². The maximum atomic E-state index is 12.7. The summed E-state index contributed by atoms with van der Waals surface area (Å²) in [4.78, 5) is 42.2. The van der Waals surface area contributed by atoms with Gasteiger partial charge in [0.15, 0.2) is 0 Å². The number of halogens is 2. The zero-order valence-electron chi connectivity index (χ0n) is 20.1. The fourth-order valence-electron chi connectivity index (χ4n) is 3.79. The minimum Gasteiger partial charge on any atom is -0.464 e. The lowest BCUT2D eigenvalue weighted by Gasteiger charge is -2.18. The van der Waals surface area contributed by atoms with Crippen LogP contribution in [0.3, 0.4) is 0 Å². The maximum Gasteiger partial charge on any atom is 0.328 e. The average Bonchev–Trinajstić information content (AvgIpc) is 3.10. The molecule has 3 N–H and O–H groups in total. The van der Waals surface area contributed by atoms with Crippen molar-refractivity contribution in [1.29, 1.82) is 0 Å². The smallest absolute Gasteiger partial charge is 0.328 e. The van der Waals surface area contributed by atoms with Crippen molar-refractivity contribution in [3.05, 3.63) is 63.6 Å². The van der Waals surface area contributed by atoms with Crippen molar-refractivity contribution in [1.82, 2.24) is 10.6 Å². The maximum absolute atomic E-state index is 12.7. The molecule has 0 spiro atoms. The van der Waals surface area contributed by atoms with Crippen molar-refractivity contribution in [2.75, 3.05) is 25.0 Å². The number of hydrogen-bond acceptors (Lipinski definition) is 6. The molecule has 1 unspecified atom stereocenters. The summed E-state index contributed by atoms with van der Waals surface area (Å²) in [5.41, 5.74) is 1.82. The Labute approximate surface area is 220 Å². The van der Waals surface area contributed by atoms with Gasteiger partial charge in [0, 0.05) is 40.7 Å². The molecular formula is C26H30Cl2N4O4. The molecule has 192 valence electrons. The molecule has 2 aromatic rings. The van der Waals surface area contributed by atoms with Crippen LogP contribution in [-0.2, 0) is 20.7 Å². The molecule has 0 bridgehead atoms. The topological polar surface area (TPSA) is 109 Å². The standard InChI is InChI=1S/C26H30Cl2N4O4/c1-2-36-26(35)22(13-17-11-19(27)15-20(28)12-17)32-24(33)16-30-25(34)18-7-6-8-21(14-18)31-23-9-4-3-5-10-29-23/h6-8,11-12,14-15,22H,2-5,9-10,13,16H2,1H3,(H,29,31)(H,30,34)(H,32,33). The van der Waals surface area contributed by atoms with Gasteiger partial charge in [-0.1, -0.05) is 35.7 Å². The molecule has 10 heteroatoms. The number of benzene rings is 2. The van der Waals surface area contributed by atoms with Crippen LogP contribution in [0, 0.1) is 0 Å². The van der Waals surface area contributed by atoms with Crippen LogP contribution in [0.4, 0.5) is 5.69 Å². The van der Waals surface area contributed by atoms with Gasteiger partial charge in [-0.25, -0.2) is 4.79 Å². The number of aliphatic imine (C=N–C) groups is 1. The summed E-state index contributed by atoms with van der Waals surface area (Å²) in [5.74, 6) is -0.619. The molecule has 2 aromatic carbocycles. The Hall–Kier alpha value is -3.10. The lowest BCUT2D eigenvalue weighted by molar-refractivity contribution is -0.147. The third-order valence-electron chi connectivity index (χ3n) is 5.47. The average molecular weight is 533 g/mol. The second kappa shape index (κ2) is 13.8. The van der Waals surface area contributed by atoms with Crippen molar-refractivity contribution in [3.8, 4) is 0 Å². The van der Waals surface area contributed by atoms with E-state index in [4.69, 9.17) is 27.9 Å². The molecule has 0 aromatic heterocycles. The highest BCUT2D eigenvalue weighted by Gasteiger charge is 2.23. The fourth-order valence-corrected chi connectivity index (χ4v) is 4.36. The second-order valence-corrected chi connectivity index (χ2v) is 9.25. The summed E-state index contributed by atoms with van der Waals surface area (Å²) >= 11 is 12.1. The van der Waals surface area contributed by atoms with Crippen molar-refractivity contribution in [2.24, 2.45) is 4.99 Å². The van der Waals surface area contributed by atoms with E-state index in [1.54, 1.807) is 43.3 Å². The van der Waals surface area contributed by atoms with Crippen LogP contribution in [0.25, 0.3) is 0 Å². The Morgan fingerprint density at radius 2 is 1.83 bits per heavy atom. The fraction of sp³-hybridized carbons (Fsp3) is 0.385. The first kappa shape index (κ1) is 27.5. The quantitative estimate of drug-likeness (QED) is 0.414. The van der Waals surface area contributed by atoms with Gasteiger partial charge in [0.1, 0.15) is 11.9 Å². The number of rotatable bonds is 9. The molecular weight excluding hydrogens is 503 g/mol. The van der Waals surface area contributed by atoms with Crippen molar-refractivity contribution in [2.45, 2.75) is 45.1 Å². The van der Waals surface area contributed by atoms with Gasteiger partial charge in [0.05, 0.1) is 13.2 Å². The Kier molecular flexibility index (Phi) is 10.6. The number of nitrogens with zero attached hydrogens (tertiary/aromatic N) is 1. The van der Waals surface area contributed by atoms with E-state index >= 15 is 0 Å². The summed E-state index contributed by atoms with van der Waals surface area (Å²) in [6.45, 7) is 2.33. The number of carbonyl (C=O) groups excluding carboxylic acids is 3. The predicted molar refractivity (Wildman–Crippen MR) is 142 cm³/mol. The van der Waals surface area contributed by atoms with Crippen LogP contribution in [0.1, 0.15) is 48.5 Å². The van der Waals surface area contributed by atoms with Crippen molar-refractivity contribution in [3.63, 3.8) is 0 Å². The molecule has 36 heavy (non-hydrogen) atoms. The number of carbonyl (C=O) groups is 3. The summed E-state index contributed by atoms with van der Waals surface area (Å²) in [6.07, 6.45) is 4.33. The molecule has 1 aliphatic rings. The van der Waals surface area contributed by atoms with Gasteiger partial charge in [-0.15, -0.1) is 0 Å². The van der Waals surface area contributed by atoms with Crippen LogP contribution in [0.5, 0.6) is 0 Å². The molecule has 0 radical (unpaired) electrons. The van der Waals surface area contributed by atoms with E-state index in [1.165, 1.54) is 0 Å². The molecule has 1 heterocycles. The third kappa shape index (κ3) is 8.84. The highest BCUT2D eigenvalue weighted by molar-refractivity contribution is 6.34. The van der Waals surface area contributed by atoms with Crippen LogP contribution in [-0.4, -0.2) is 49.4 Å². The van der Waals surface area contributed by atoms with E-state index in [0.29, 0.717) is 21.2 Å². The first-order chi connectivity index (χ1) is 17.3. The van der Waals surface area contributed by atoms with Gasteiger partial charge in [-0.05, 0) is 61.7 Å². The van der Waals surface area contributed by atoms with Gasteiger partial charge in [0.25, 0.3) is 5.91 Å². The lowest BCUT2D eigenvalue weighted by Crippen LogP contribution is -2.47. The van der Waals surface area contributed by atoms with Crippen LogP contribution in [0.2, 0.25) is 10.0 Å². The Morgan fingerprint density at radius 3 is 2.58 bits per heavy atom. The van der Waals surface area contributed by atoms with Crippen LogP contribution >= 0.6 is 23.2 Å². The summed E-state index contributed by atoms with van der Waals surface area (Å²) in [7, 11) is 0. The second-order valence-electron chi connectivity index (χ2n) is 8.38. The molecule has 0 fully saturated rings. The molecule has 3 rings (SSSR count). The van der Waals surface area contributed by atoms with E-state index in [-0.39, 0.29) is 19.6 Å². The summed E-state index contributed by atoms with van der Waals surface area (Å²) in [6, 6.07) is 10.9. The molecule has 2 amide bonds. The first-order valence-corrected chi connectivity index (χ1v) is 12.7. The zero-order valence-corrected chi connectivity index (χ0v) is 21.6. The number of esters is 1. The van der Waals surface area contributed by atoms with Crippen molar-refractivity contribution >= 4 is 52.5 Å². The van der Waals surface area contributed by atoms with Crippen LogP contribution in [0.15, 0.2) is 47.5 Å². The van der Waals surface area contributed by atoms with E-state index in [0.717, 1.165) is 43.8 Å². The molecule has 1 atom stereocenters. The molecule has 0 saturated carbocycles. The molecule has 1 aliphatic heterocycles. The van der Waals surface area contributed by atoms with E-state index < -0.39 is 23.8 Å². The number of anilines is 1. The predicted octanol–water partition coefficient (Wildman–Crippen LogP) is 4.40. The Morgan fingerprint density at radius 1 is 1.06 bits per heavy atom. The minimum absolute atomic E-state index is 0.135. The normalized spacial score (nSPS) is 14.1. The summed E-state index contributed by atoms with van der Waals surface area (Å²) < 4.78 is 5.09. The third-order valence-corrected chi connectivity index (χ3v) is 5.90. The Balaban J connectivity index is 1.58. The Bertz CT molecular complexity index is 1100. The van der Waals surface area contributed by atoms with Gasteiger partial charge in [-0.3, -0.25) is 14.6 Å². The van der Waals surface area contributed by atoms with E-state index in [9.17, 15) is 14.4 Å². The van der Waals surface area contributed by atoms with Crippen LogP contribution < -0.4 is 16.0 Å². The van der Waals surface area contributed by atoms with Gasteiger partial charge >= 0.3 is 5.97 Å². The highest BCUT2D eigenvalue weighted by atomic mass is 35.5. The molecule has 0 aliphatic carbocycles. The van der Waals surface area contributed by atoms with Gasteiger partial charge < -0.3 is 20.7 Å². The summed E-state index contributed by atoms with van der Waals surface area (Å²) in [5, 5.41) is 9.34. The monoisotopic (exact) mass is 532 g/mol. The zero-order chi connectivity index (χ0) is 25.9. The van der Waals surface area contributed by atoms with E-state index in [2.05, 4.69) is 20.9 Å². The number of hydrogen-bond donors (Lipinski definition) is 3. The number of amides is 2. The minimum atomic E-state index is -0.961. The first-order valence-electron chi connectivity index (χ1n) is 11.9. The number of nitrogens with one attached hydrogen (secondary N) is 3. The van der Waals surface area contributed by atoms with Gasteiger partial charge in [-0.2, -0.15) is 0 Å². The largest absolute Gasteiger partial charge is 0.464 e. The van der Waals surface area contributed by atoms with E-state index in [1.807, 2.05) is 6.07 Å². The highest BCUT2D eigenvalue weighted by Crippen LogP contribution is 2.20. The molecule has 8 nitrogen and oxygen atoms in total. The lowest BCUT2D eigenvalue weighted by atomic mass is 10.1. The molecule has 0 saturated heterocycles. The number of amidine groups is 1. The number of ether oxygens (including phenoxy) is 1.